The Hall–Kier alpha value is -2.34. The highest BCUT2D eigenvalue weighted by atomic mass is 32.2. The molecule has 2 heterocycles. The Kier molecular flexibility index (Phi) is 4.85. The smallest absolute Gasteiger partial charge is 0.268 e. The van der Waals surface area contributed by atoms with Crippen LogP contribution in [0.25, 0.3) is 0 Å². The van der Waals surface area contributed by atoms with Gasteiger partial charge < -0.3 is 9.80 Å². The molecule has 0 aromatic heterocycles. The number of carbonyl (C=O) groups is 2. The normalized spacial score (nSPS) is 23.6. The van der Waals surface area contributed by atoms with Crippen molar-refractivity contribution in [1.82, 2.24) is 4.90 Å². The molecule has 0 radical (unpaired) electrons. The third-order valence-electron chi connectivity index (χ3n) is 6.57. The lowest BCUT2D eigenvalue weighted by molar-refractivity contribution is -0.143. The minimum absolute atomic E-state index is 0.0350. The number of nitrogens with zero attached hydrogens (tertiary/aromatic N) is 2. The Morgan fingerprint density at radius 1 is 1.17 bits per heavy atom. The number of hydrogen-bond donors (Lipinski definition) is 0. The van der Waals surface area contributed by atoms with Gasteiger partial charge in [-0.2, -0.15) is 0 Å². The second kappa shape index (κ2) is 7.41. The number of halogens is 1. The molecule has 1 saturated heterocycles. The first-order valence-corrected chi connectivity index (χ1v) is 11.6. The molecular weight excluding hydrogens is 399 g/mol. The standard InChI is InChI=1S/C24H25FN2O2S/c1-16-6-11-21-20(14-16)24(23(29)26(21)15-17-7-9-19(25)10-8-17)27(12-13-30-24)22(28)18-4-2-3-5-18/h6-11,14,18H,2-5,12-13,15H2,1H3/t24-/m1/s1. The van der Waals surface area contributed by atoms with Crippen LogP contribution in [0.5, 0.6) is 0 Å². The molecule has 2 aromatic carbocycles. The number of aryl methyl sites for hydroxylation is 1. The number of rotatable bonds is 3. The summed E-state index contributed by atoms with van der Waals surface area (Å²) >= 11 is 1.58. The molecule has 2 aliphatic heterocycles. The fourth-order valence-corrected chi connectivity index (χ4v) is 6.53. The molecule has 0 unspecified atom stereocenters. The fourth-order valence-electron chi connectivity index (χ4n) is 5.07. The van der Waals surface area contributed by atoms with Gasteiger partial charge >= 0.3 is 0 Å². The molecule has 2 fully saturated rings. The summed E-state index contributed by atoms with van der Waals surface area (Å²) in [5.74, 6) is 0.566. The van der Waals surface area contributed by atoms with Crippen molar-refractivity contribution >= 4 is 29.3 Å². The van der Waals surface area contributed by atoms with Gasteiger partial charge in [0.1, 0.15) is 5.82 Å². The first kappa shape index (κ1) is 19.6. The summed E-state index contributed by atoms with van der Waals surface area (Å²) < 4.78 is 13.4. The topological polar surface area (TPSA) is 40.6 Å². The van der Waals surface area contributed by atoms with Crippen LogP contribution in [0.1, 0.15) is 42.4 Å². The first-order valence-electron chi connectivity index (χ1n) is 10.6. The zero-order valence-corrected chi connectivity index (χ0v) is 17.9. The van der Waals surface area contributed by atoms with Gasteiger partial charge in [-0.1, -0.05) is 42.7 Å². The molecule has 1 atom stereocenters. The van der Waals surface area contributed by atoms with E-state index >= 15 is 0 Å². The van der Waals surface area contributed by atoms with Gasteiger partial charge in [-0.25, -0.2) is 4.39 Å². The Morgan fingerprint density at radius 2 is 1.90 bits per heavy atom. The maximum absolute atomic E-state index is 13.9. The van der Waals surface area contributed by atoms with Crippen molar-refractivity contribution in [2.45, 2.75) is 44.0 Å². The monoisotopic (exact) mass is 424 g/mol. The molecule has 1 aliphatic carbocycles. The van der Waals surface area contributed by atoms with E-state index in [-0.39, 0.29) is 23.5 Å². The molecule has 0 bridgehead atoms. The molecule has 1 spiro atoms. The fraction of sp³-hybridized carbons (Fsp3) is 0.417. The number of hydrogen-bond acceptors (Lipinski definition) is 3. The molecule has 5 rings (SSSR count). The molecule has 2 amide bonds. The summed E-state index contributed by atoms with van der Waals surface area (Å²) in [6, 6.07) is 12.3. The van der Waals surface area contributed by atoms with Crippen LogP contribution in [0, 0.1) is 18.7 Å². The van der Waals surface area contributed by atoms with E-state index in [4.69, 9.17) is 0 Å². The van der Waals surface area contributed by atoms with Crippen molar-refractivity contribution in [1.29, 1.82) is 0 Å². The molecule has 156 valence electrons. The largest absolute Gasteiger partial charge is 0.315 e. The van der Waals surface area contributed by atoms with Gasteiger partial charge in [0.25, 0.3) is 5.91 Å². The van der Waals surface area contributed by atoms with E-state index in [2.05, 4.69) is 6.07 Å². The number of anilines is 1. The van der Waals surface area contributed by atoms with Gasteiger partial charge in [-0.05, 0) is 43.5 Å². The van der Waals surface area contributed by atoms with Crippen molar-refractivity contribution in [3.05, 3.63) is 65.0 Å². The van der Waals surface area contributed by atoms with Crippen molar-refractivity contribution in [2.75, 3.05) is 17.2 Å². The lowest BCUT2D eigenvalue weighted by Gasteiger charge is -2.35. The van der Waals surface area contributed by atoms with E-state index in [0.717, 1.165) is 53.8 Å². The molecule has 1 saturated carbocycles. The predicted octanol–water partition coefficient (Wildman–Crippen LogP) is 4.60. The van der Waals surface area contributed by atoms with E-state index in [1.54, 1.807) is 28.8 Å². The number of fused-ring (bicyclic) bond motifs is 2. The molecule has 6 heteroatoms. The SMILES string of the molecule is Cc1ccc2c(c1)[C@@]1(SCCN1C(=O)C1CCCC1)C(=O)N2Cc1ccc(F)cc1. The van der Waals surface area contributed by atoms with Gasteiger partial charge in [0.05, 0.1) is 12.2 Å². The first-order chi connectivity index (χ1) is 14.5. The lowest BCUT2D eigenvalue weighted by atomic mass is 10.00. The second-order valence-corrected chi connectivity index (χ2v) is 9.79. The van der Waals surface area contributed by atoms with Gasteiger partial charge in [0, 0.05) is 23.8 Å². The van der Waals surface area contributed by atoms with Crippen LogP contribution in [0.4, 0.5) is 10.1 Å². The molecule has 3 aliphatic rings. The Balaban J connectivity index is 1.56. The molecular formula is C24H25FN2O2S. The lowest BCUT2D eigenvalue weighted by Crippen LogP contribution is -2.51. The molecule has 4 nitrogen and oxygen atoms in total. The quantitative estimate of drug-likeness (QED) is 0.723. The number of benzene rings is 2. The predicted molar refractivity (Wildman–Crippen MR) is 117 cm³/mol. The van der Waals surface area contributed by atoms with Crippen molar-refractivity contribution in [3.8, 4) is 0 Å². The van der Waals surface area contributed by atoms with Crippen LogP contribution in [0.2, 0.25) is 0 Å². The van der Waals surface area contributed by atoms with Crippen molar-refractivity contribution in [3.63, 3.8) is 0 Å². The van der Waals surface area contributed by atoms with Gasteiger partial charge in [-0.15, -0.1) is 11.8 Å². The van der Waals surface area contributed by atoms with Crippen LogP contribution >= 0.6 is 11.8 Å². The Bertz CT molecular complexity index is 1000. The molecule has 2 aromatic rings. The summed E-state index contributed by atoms with van der Waals surface area (Å²) in [5.41, 5.74) is 3.72. The van der Waals surface area contributed by atoms with E-state index in [0.29, 0.717) is 13.1 Å². The van der Waals surface area contributed by atoms with Crippen LogP contribution in [0.3, 0.4) is 0 Å². The average Bonchev–Trinajstić information content (AvgIpc) is 3.47. The van der Waals surface area contributed by atoms with Crippen molar-refractivity contribution < 1.29 is 14.0 Å². The Morgan fingerprint density at radius 3 is 2.63 bits per heavy atom. The summed E-state index contributed by atoms with van der Waals surface area (Å²) in [4.78, 5) is 30.0. The van der Waals surface area contributed by atoms with Crippen LogP contribution in [-0.4, -0.2) is 29.0 Å². The minimum Gasteiger partial charge on any atom is -0.315 e. The summed E-state index contributed by atoms with van der Waals surface area (Å²) in [6.45, 7) is 2.98. The number of amides is 2. The molecule has 0 N–H and O–H groups in total. The second-order valence-electron chi connectivity index (χ2n) is 8.50. The Labute approximate surface area is 180 Å². The van der Waals surface area contributed by atoms with Crippen molar-refractivity contribution in [2.24, 2.45) is 5.92 Å². The maximum atomic E-state index is 13.9. The average molecular weight is 425 g/mol. The van der Waals surface area contributed by atoms with Crippen LogP contribution < -0.4 is 4.90 Å². The number of thioether (sulfide) groups is 1. The van der Waals surface area contributed by atoms with Crippen LogP contribution in [-0.2, 0) is 21.0 Å². The summed E-state index contributed by atoms with van der Waals surface area (Å²) in [7, 11) is 0. The highest BCUT2D eigenvalue weighted by Crippen LogP contribution is 2.55. The zero-order valence-electron chi connectivity index (χ0n) is 17.1. The summed E-state index contributed by atoms with van der Waals surface area (Å²) in [5, 5.41) is 0. The van der Waals surface area contributed by atoms with Gasteiger partial charge in [0.15, 0.2) is 4.87 Å². The van der Waals surface area contributed by atoms with E-state index < -0.39 is 4.87 Å². The van der Waals surface area contributed by atoms with E-state index in [1.165, 1.54) is 12.1 Å². The molecule has 30 heavy (non-hydrogen) atoms. The minimum atomic E-state index is -0.971. The van der Waals surface area contributed by atoms with E-state index in [1.807, 2.05) is 24.0 Å². The van der Waals surface area contributed by atoms with Crippen LogP contribution in [0.15, 0.2) is 42.5 Å². The van der Waals surface area contributed by atoms with E-state index in [9.17, 15) is 14.0 Å². The number of carbonyl (C=O) groups excluding carboxylic acids is 2. The zero-order chi connectivity index (χ0) is 20.9. The maximum Gasteiger partial charge on any atom is 0.268 e. The highest BCUT2D eigenvalue weighted by Gasteiger charge is 2.59. The third-order valence-corrected chi connectivity index (χ3v) is 7.99. The summed E-state index contributed by atoms with van der Waals surface area (Å²) in [6.07, 6.45) is 4.02. The van der Waals surface area contributed by atoms with Gasteiger partial charge in [-0.3, -0.25) is 9.59 Å². The third kappa shape index (κ3) is 2.96. The van der Waals surface area contributed by atoms with Gasteiger partial charge in [0.2, 0.25) is 5.91 Å². The highest BCUT2D eigenvalue weighted by molar-refractivity contribution is 8.01.